The summed E-state index contributed by atoms with van der Waals surface area (Å²) < 4.78 is 13.2. The number of rotatable bonds is 3. The van der Waals surface area contributed by atoms with Gasteiger partial charge in [-0.15, -0.1) is 12.4 Å². The fourth-order valence-electron chi connectivity index (χ4n) is 2.30. The number of benzene rings is 1. The number of nitrogens with zero attached hydrogens (tertiary/aromatic N) is 1. The molecule has 2 N–H and O–H groups in total. The number of hydrogen-bond acceptors (Lipinski definition) is 3. The van der Waals surface area contributed by atoms with Crippen LogP contribution in [0.2, 0.25) is 0 Å². The van der Waals surface area contributed by atoms with E-state index in [1.165, 1.54) is 6.07 Å². The third-order valence-electron chi connectivity index (χ3n) is 3.33. The molecule has 1 fully saturated rings. The molecule has 0 bridgehead atoms. The second-order valence-electron chi connectivity index (χ2n) is 4.49. The van der Waals surface area contributed by atoms with Crippen molar-refractivity contribution < 1.29 is 9.50 Å². The maximum absolute atomic E-state index is 13.2. The second-order valence-corrected chi connectivity index (χ2v) is 4.49. The molecule has 1 aliphatic heterocycles. The van der Waals surface area contributed by atoms with E-state index in [0.717, 1.165) is 31.7 Å². The molecule has 0 unspecified atom stereocenters. The van der Waals surface area contributed by atoms with E-state index in [0.29, 0.717) is 5.56 Å². The number of aliphatic hydroxyl groups excluding tert-OH is 1. The Balaban J connectivity index is 0.00000162. The molecule has 0 amide bonds. The maximum atomic E-state index is 13.2. The van der Waals surface area contributed by atoms with E-state index in [2.05, 4.69) is 10.2 Å². The lowest BCUT2D eigenvalue weighted by Gasteiger charge is -2.34. The summed E-state index contributed by atoms with van der Waals surface area (Å²) in [5.74, 6) is -0.189. The van der Waals surface area contributed by atoms with Gasteiger partial charge < -0.3 is 10.4 Å². The highest BCUT2D eigenvalue weighted by Crippen LogP contribution is 2.22. The largest absolute Gasteiger partial charge is 0.394 e. The van der Waals surface area contributed by atoms with Gasteiger partial charge in [-0.25, -0.2) is 4.39 Å². The van der Waals surface area contributed by atoms with Crippen LogP contribution in [0.4, 0.5) is 4.39 Å². The molecule has 2 rings (SSSR count). The Bertz CT molecular complexity index is 383. The molecule has 1 atom stereocenters. The third-order valence-corrected chi connectivity index (χ3v) is 3.33. The van der Waals surface area contributed by atoms with E-state index in [1.807, 2.05) is 6.07 Å². The van der Waals surface area contributed by atoms with E-state index in [9.17, 15) is 9.50 Å². The molecule has 5 heteroatoms. The number of aryl methyl sites for hydroxylation is 1. The Hall–Kier alpha value is -0.680. The summed E-state index contributed by atoms with van der Waals surface area (Å²) in [6.45, 7) is 5.55. The van der Waals surface area contributed by atoms with Crippen molar-refractivity contribution in [2.24, 2.45) is 0 Å². The van der Waals surface area contributed by atoms with E-state index in [1.54, 1.807) is 13.0 Å². The van der Waals surface area contributed by atoms with Crippen molar-refractivity contribution in [3.63, 3.8) is 0 Å². The Morgan fingerprint density at radius 3 is 2.61 bits per heavy atom. The van der Waals surface area contributed by atoms with Crippen LogP contribution < -0.4 is 5.32 Å². The third kappa shape index (κ3) is 3.42. The quantitative estimate of drug-likeness (QED) is 0.877. The highest BCUT2D eigenvalue weighted by Gasteiger charge is 2.21. The predicted molar refractivity (Wildman–Crippen MR) is 72.7 cm³/mol. The molecule has 0 spiro atoms. The number of hydrogen-bond donors (Lipinski definition) is 2. The van der Waals surface area contributed by atoms with Crippen LogP contribution in [0.25, 0.3) is 0 Å². The summed E-state index contributed by atoms with van der Waals surface area (Å²) in [6.07, 6.45) is 0. The van der Waals surface area contributed by atoms with Gasteiger partial charge >= 0.3 is 0 Å². The van der Waals surface area contributed by atoms with Crippen molar-refractivity contribution in [2.75, 3.05) is 32.8 Å². The van der Waals surface area contributed by atoms with Gasteiger partial charge in [0.05, 0.1) is 12.6 Å². The van der Waals surface area contributed by atoms with Crippen molar-refractivity contribution >= 4 is 12.4 Å². The average Bonchev–Trinajstić information content (AvgIpc) is 2.36. The molecule has 1 aromatic carbocycles. The maximum Gasteiger partial charge on any atom is 0.126 e. The molecule has 18 heavy (non-hydrogen) atoms. The topological polar surface area (TPSA) is 35.5 Å². The van der Waals surface area contributed by atoms with Crippen molar-refractivity contribution in [2.45, 2.75) is 13.0 Å². The summed E-state index contributed by atoms with van der Waals surface area (Å²) in [5, 5.41) is 12.8. The van der Waals surface area contributed by atoms with Crippen LogP contribution in [-0.2, 0) is 0 Å². The first-order valence-electron chi connectivity index (χ1n) is 6.04. The highest BCUT2D eigenvalue weighted by atomic mass is 35.5. The molecular weight excluding hydrogens is 255 g/mol. The molecule has 102 valence electrons. The van der Waals surface area contributed by atoms with Crippen LogP contribution in [0.3, 0.4) is 0 Å². The first kappa shape index (κ1) is 15.4. The van der Waals surface area contributed by atoms with Gasteiger partial charge in [0.1, 0.15) is 5.82 Å². The minimum atomic E-state index is -0.189. The Labute approximate surface area is 113 Å². The molecule has 1 aliphatic rings. The van der Waals surface area contributed by atoms with Crippen LogP contribution in [0.15, 0.2) is 18.2 Å². The summed E-state index contributed by atoms with van der Waals surface area (Å²) in [5.41, 5.74) is 1.63. The van der Waals surface area contributed by atoms with Gasteiger partial charge in [0.2, 0.25) is 0 Å². The summed E-state index contributed by atoms with van der Waals surface area (Å²) in [4.78, 5) is 2.24. The Kier molecular flexibility index (Phi) is 6.02. The number of aliphatic hydroxyl groups is 1. The minimum absolute atomic E-state index is 0. The highest BCUT2D eigenvalue weighted by molar-refractivity contribution is 5.85. The normalized spacial score (nSPS) is 18.2. The fourth-order valence-corrected chi connectivity index (χ4v) is 2.30. The van der Waals surface area contributed by atoms with Crippen molar-refractivity contribution in [1.29, 1.82) is 0 Å². The van der Waals surface area contributed by atoms with Gasteiger partial charge in [-0.3, -0.25) is 4.90 Å². The molecule has 0 saturated carbocycles. The lowest BCUT2D eigenvalue weighted by molar-refractivity contribution is 0.111. The van der Waals surface area contributed by atoms with Crippen molar-refractivity contribution in [3.05, 3.63) is 35.1 Å². The van der Waals surface area contributed by atoms with Gasteiger partial charge in [-0.1, -0.05) is 12.1 Å². The summed E-state index contributed by atoms with van der Waals surface area (Å²) >= 11 is 0. The summed E-state index contributed by atoms with van der Waals surface area (Å²) in [6, 6.07) is 5.07. The molecule has 3 nitrogen and oxygen atoms in total. The van der Waals surface area contributed by atoms with Crippen LogP contribution in [-0.4, -0.2) is 42.8 Å². The number of nitrogens with one attached hydrogen (secondary N) is 1. The van der Waals surface area contributed by atoms with E-state index >= 15 is 0 Å². The van der Waals surface area contributed by atoms with Crippen LogP contribution >= 0.6 is 12.4 Å². The smallest absolute Gasteiger partial charge is 0.126 e. The zero-order valence-electron chi connectivity index (χ0n) is 10.5. The number of halogens is 2. The average molecular weight is 275 g/mol. The number of piperazine rings is 1. The lowest BCUT2D eigenvalue weighted by atomic mass is 10.0. The molecule has 0 aromatic heterocycles. The van der Waals surface area contributed by atoms with Crippen LogP contribution in [0.1, 0.15) is 17.2 Å². The zero-order chi connectivity index (χ0) is 12.3. The van der Waals surface area contributed by atoms with Crippen LogP contribution in [0.5, 0.6) is 0 Å². The van der Waals surface area contributed by atoms with Gasteiger partial charge in [-0.05, 0) is 24.1 Å². The van der Waals surface area contributed by atoms with Crippen molar-refractivity contribution in [1.82, 2.24) is 10.2 Å². The van der Waals surface area contributed by atoms with Gasteiger partial charge in [-0.2, -0.15) is 0 Å². The molecule has 1 aromatic rings. The van der Waals surface area contributed by atoms with Crippen LogP contribution in [0, 0.1) is 12.7 Å². The Morgan fingerprint density at radius 1 is 1.39 bits per heavy atom. The van der Waals surface area contributed by atoms with Gasteiger partial charge in [0, 0.05) is 26.2 Å². The predicted octanol–water partition coefficient (Wildman–Crippen LogP) is 1.49. The van der Waals surface area contributed by atoms with E-state index in [4.69, 9.17) is 0 Å². The minimum Gasteiger partial charge on any atom is -0.394 e. The molecule has 0 radical (unpaired) electrons. The Morgan fingerprint density at radius 2 is 2.06 bits per heavy atom. The summed E-state index contributed by atoms with van der Waals surface area (Å²) in [7, 11) is 0. The van der Waals surface area contributed by atoms with E-state index in [-0.39, 0.29) is 30.9 Å². The molecule has 1 heterocycles. The first-order chi connectivity index (χ1) is 8.22. The molecular formula is C13H20ClFN2O. The van der Waals surface area contributed by atoms with E-state index < -0.39 is 0 Å². The lowest BCUT2D eigenvalue weighted by Crippen LogP contribution is -2.46. The standard InChI is InChI=1S/C13H19FN2O.ClH/c1-10-8-11(2-3-12(10)14)13(9-17)16-6-4-15-5-7-16;/h2-3,8,13,15,17H,4-7,9H2,1H3;1H/t13-;/m0./s1. The molecule has 0 aliphatic carbocycles. The van der Waals surface area contributed by atoms with Gasteiger partial charge in [0.15, 0.2) is 0 Å². The molecule has 1 saturated heterocycles. The van der Waals surface area contributed by atoms with Gasteiger partial charge in [0.25, 0.3) is 0 Å². The fraction of sp³-hybridized carbons (Fsp3) is 0.538. The zero-order valence-corrected chi connectivity index (χ0v) is 11.3. The van der Waals surface area contributed by atoms with Crippen molar-refractivity contribution in [3.8, 4) is 0 Å². The SMILES string of the molecule is Cc1cc([C@H](CO)N2CCNCC2)ccc1F.Cl. The second kappa shape index (κ2) is 7.04. The monoisotopic (exact) mass is 274 g/mol. The first-order valence-corrected chi connectivity index (χ1v) is 6.04.